The average Bonchev–Trinajstić information content (AvgIpc) is 3.16. The third kappa shape index (κ3) is 3.37. The lowest BCUT2D eigenvalue weighted by Gasteiger charge is -2.10. The maximum atomic E-state index is 11.9. The molecule has 2 aliphatic heterocycles. The third-order valence-electron chi connectivity index (χ3n) is 3.63. The van der Waals surface area contributed by atoms with Crippen molar-refractivity contribution in [2.75, 3.05) is 13.2 Å². The van der Waals surface area contributed by atoms with Crippen LogP contribution in [0.2, 0.25) is 0 Å². The predicted molar refractivity (Wildman–Crippen MR) is 76.0 cm³/mol. The summed E-state index contributed by atoms with van der Waals surface area (Å²) in [6.45, 7) is 0.455. The van der Waals surface area contributed by atoms with E-state index in [1.165, 1.54) is 24.3 Å². The number of carbonyl (C=O) groups is 4. The van der Waals surface area contributed by atoms with E-state index in [9.17, 15) is 19.2 Å². The van der Waals surface area contributed by atoms with Gasteiger partial charge in [0.05, 0.1) is 24.3 Å². The van der Waals surface area contributed by atoms with Crippen molar-refractivity contribution in [3.8, 4) is 0 Å². The van der Waals surface area contributed by atoms with Crippen LogP contribution < -0.4 is 0 Å². The molecule has 0 amide bonds. The molecule has 0 aliphatic carbocycles. The normalized spacial score (nSPS) is 22.7. The summed E-state index contributed by atoms with van der Waals surface area (Å²) in [5.74, 6) is -2.49. The number of ether oxygens (including phenoxy) is 4. The van der Waals surface area contributed by atoms with Crippen molar-refractivity contribution in [2.24, 2.45) is 0 Å². The van der Waals surface area contributed by atoms with E-state index < -0.39 is 36.1 Å². The quantitative estimate of drug-likeness (QED) is 0.583. The van der Waals surface area contributed by atoms with E-state index in [0.29, 0.717) is 12.8 Å². The molecule has 2 aliphatic rings. The highest BCUT2D eigenvalue weighted by Crippen LogP contribution is 2.16. The molecule has 126 valence electrons. The molecule has 2 heterocycles. The van der Waals surface area contributed by atoms with Gasteiger partial charge in [0.15, 0.2) is 0 Å². The molecule has 0 aromatic heterocycles. The van der Waals surface area contributed by atoms with Gasteiger partial charge >= 0.3 is 23.9 Å². The molecular weight excluding hydrogens is 320 g/mol. The van der Waals surface area contributed by atoms with Crippen molar-refractivity contribution in [1.29, 1.82) is 0 Å². The van der Waals surface area contributed by atoms with E-state index in [1.807, 2.05) is 0 Å². The van der Waals surface area contributed by atoms with Gasteiger partial charge in [-0.1, -0.05) is 0 Å². The molecule has 1 aromatic carbocycles. The highest BCUT2D eigenvalue weighted by molar-refractivity contribution is 5.95. The maximum Gasteiger partial charge on any atom is 0.347 e. The highest BCUT2D eigenvalue weighted by Gasteiger charge is 2.31. The van der Waals surface area contributed by atoms with Crippen molar-refractivity contribution in [1.82, 2.24) is 0 Å². The summed E-state index contributed by atoms with van der Waals surface area (Å²) in [4.78, 5) is 46.4. The van der Waals surface area contributed by atoms with Gasteiger partial charge in [-0.05, 0) is 24.3 Å². The molecule has 8 heteroatoms. The van der Waals surface area contributed by atoms with Gasteiger partial charge in [-0.2, -0.15) is 0 Å². The Labute approximate surface area is 136 Å². The Hall–Kier alpha value is -2.90. The van der Waals surface area contributed by atoms with Crippen molar-refractivity contribution >= 4 is 23.9 Å². The number of benzene rings is 1. The van der Waals surface area contributed by atoms with Gasteiger partial charge in [-0.3, -0.25) is 0 Å². The summed E-state index contributed by atoms with van der Waals surface area (Å²) in [6.07, 6.45) is -1.13. The Bertz CT molecular complexity index is 619. The molecule has 2 fully saturated rings. The van der Waals surface area contributed by atoms with Crippen molar-refractivity contribution in [3.05, 3.63) is 35.4 Å². The number of cyclic esters (lactones) is 2. The summed E-state index contributed by atoms with van der Waals surface area (Å²) in [6, 6.07) is 5.52. The molecule has 0 unspecified atom stereocenters. The second-order valence-electron chi connectivity index (χ2n) is 5.28. The number of hydrogen-bond acceptors (Lipinski definition) is 8. The standard InChI is InChI=1S/C16H14O8/c17-13(23-11-5-7-21-15(11)19)9-1-2-10(4-3-9)14(18)24-12-6-8-22-16(12)20/h1-4,11-12H,5-8H2/t11-,12-/m1/s1. The fraction of sp³-hybridized carbons (Fsp3) is 0.375. The lowest BCUT2D eigenvalue weighted by Crippen LogP contribution is -2.23. The van der Waals surface area contributed by atoms with Gasteiger partial charge in [0.25, 0.3) is 0 Å². The maximum absolute atomic E-state index is 11.9. The van der Waals surface area contributed by atoms with Crippen molar-refractivity contribution in [3.63, 3.8) is 0 Å². The molecule has 24 heavy (non-hydrogen) atoms. The minimum Gasteiger partial charge on any atom is -0.463 e. The molecule has 2 atom stereocenters. The molecule has 2 saturated heterocycles. The number of hydrogen-bond donors (Lipinski definition) is 0. The van der Waals surface area contributed by atoms with Gasteiger partial charge in [-0.15, -0.1) is 0 Å². The van der Waals surface area contributed by atoms with Crippen molar-refractivity contribution < 1.29 is 38.1 Å². The number of esters is 4. The topological polar surface area (TPSA) is 105 Å². The van der Waals surface area contributed by atoms with Crippen LogP contribution in [-0.4, -0.2) is 49.3 Å². The fourth-order valence-corrected chi connectivity index (χ4v) is 2.31. The zero-order valence-corrected chi connectivity index (χ0v) is 12.6. The van der Waals surface area contributed by atoms with E-state index in [0.717, 1.165) is 0 Å². The van der Waals surface area contributed by atoms with Crippen LogP contribution in [0.5, 0.6) is 0 Å². The minimum absolute atomic E-state index is 0.187. The smallest absolute Gasteiger partial charge is 0.347 e. The minimum atomic E-state index is -0.893. The molecule has 0 N–H and O–H groups in total. The summed E-state index contributed by atoms with van der Waals surface area (Å²) in [7, 11) is 0. The highest BCUT2D eigenvalue weighted by atomic mass is 16.6. The van der Waals surface area contributed by atoms with E-state index in [4.69, 9.17) is 18.9 Å². The lowest BCUT2D eigenvalue weighted by molar-refractivity contribution is -0.145. The summed E-state index contributed by atoms with van der Waals surface area (Å²) in [5, 5.41) is 0. The molecule has 0 saturated carbocycles. The molecule has 8 nitrogen and oxygen atoms in total. The van der Waals surface area contributed by atoms with Crippen LogP contribution in [0, 0.1) is 0 Å². The van der Waals surface area contributed by atoms with Crippen LogP contribution in [0.4, 0.5) is 0 Å². The lowest BCUT2D eigenvalue weighted by atomic mass is 10.1. The van der Waals surface area contributed by atoms with E-state index >= 15 is 0 Å². The first kappa shape index (κ1) is 16.0. The van der Waals surface area contributed by atoms with Gasteiger partial charge in [0.1, 0.15) is 0 Å². The molecular formula is C16H14O8. The number of rotatable bonds is 4. The first-order valence-electron chi connectivity index (χ1n) is 7.40. The van der Waals surface area contributed by atoms with Crippen LogP contribution in [0.3, 0.4) is 0 Å². The van der Waals surface area contributed by atoms with E-state index in [-0.39, 0.29) is 24.3 Å². The number of carbonyl (C=O) groups excluding carboxylic acids is 4. The predicted octanol–water partition coefficient (Wildman–Crippen LogP) is 0.631. The van der Waals surface area contributed by atoms with Crippen LogP contribution in [0.25, 0.3) is 0 Å². The van der Waals surface area contributed by atoms with Crippen molar-refractivity contribution in [2.45, 2.75) is 25.0 Å². The Morgan fingerprint density at radius 2 is 1.17 bits per heavy atom. The Balaban J connectivity index is 1.60. The Morgan fingerprint density at radius 3 is 1.46 bits per heavy atom. The summed E-state index contributed by atoms with van der Waals surface area (Å²) in [5.41, 5.74) is 0.373. The van der Waals surface area contributed by atoms with E-state index in [1.54, 1.807) is 0 Å². The molecule has 0 spiro atoms. The Kier molecular flexibility index (Phi) is 4.45. The molecule has 0 radical (unpaired) electrons. The Morgan fingerprint density at radius 1 is 0.792 bits per heavy atom. The first-order chi connectivity index (χ1) is 11.5. The monoisotopic (exact) mass is 334 g/mol. The van der Waals surface area contributed by atoms with Crippen LogP contribution in [0.15, 0.2) is 24.3 Å². The summed E-state index contributed by atoms with van der Waals surface area (Å²) < 4.78 is 19.5. The van der Waals surface area contributed by atoms with Gasteiger partial charge in [0.2, 0.25) is 12.2 Å². The van der Waals surface area contributed by atoms with Gasteiger partial charge in [-0.25, -0.2) is 19.2 Å². The molecule has 3 rings (SSSR count). The fourth-order valence-electron chi connectivity index (χ4n) is 2.31. The largest absolute Gasteiger partial charge is 0.463 e. The SMILES string of the molecule is O=C(O[C@@H]1CCOC1=O)c1ccc(C(=O)O[C@@H]2CCOC2=O)cc1. The van der Waals surface area contributed by atoms with Crippen LogP contribution in [-0.2, 0) is 28.5 Å². The van der Waals surface area contributed by atoms with Crippen LogP contribution >= 0.6 is 0 Å². The zero-order valence-electron chi connectivity index (χ0n) is 12.6. The first-order valence-corrected chi connectivity index (χ1v) is 7.40. The second kappa shape index (κ2) is 6.69. The zero-order chi connectivity index (χ0) is 17.1. The third-order valence-corrected chi connectivity index (χ3v) is 3.63. The van der Waals surface area contributed by atoms with Crippen LogP contribution in [0.1, 0.15) is 33.6 Å². The molecule has 0 bridgehead atoms. The molecule has 1 aromatic rings. The summed E-state index contributed by atoms with van der Waals surface area (Å²) >= 11 is 0. The second-order valence-corrected chi connectivity index (χ2v) is 5.28. The van der Waals surface area contributed by atoms with E-state index in [2.05, 4.69) is 0 Å². The van der Waals surface area contributed by atoms with Gasteiger partial charge in [0, 0.05) is 12.8 Å². The average molecular weight is 334 g/mol. The van der Waals surface area contributed by atoms with Gasteiger partial charge < -0.3 is 18.9 Å².